The topological polar surface area (TPSA) is 113 Å². The number of carboxylic acid groups (broad SMARTS) is 1. The quantitative estimate of drug-likeness (QED) is 0.374. The minimum absolute atomic E-state index is 0.236. The molecule has 7 nitrogen and oxygen atoms in total. The molecule has 0 bridgehead atoms. The molecular weight excluding hydrogens is 366 g/mol. The molecule has 1 unspecified atom stereocenters. The van der Waals surface area contributed by atoms with Crippen LogP contribution in [0.4, 0.5) is 0 Å². The number of unbranched alkanes of at least 4 members (excludes halogenated alkanes) is 1. The number of likely N-dealkylation sites (tertiary alicyclic amines) is 1. The number of nitrogens with two attached hydrogens (primary N) is 1. The van der Waals surface area contributed by atoms with E-state index in [1.807, 2.05) is 30.3 Å². The number of carboxylic acids is 1. The van der Waals surface area contributed by atoms with E-state index in [-0.39, 0.29) is 18.5 Å². The molecule has 148 valence electrons. The summed E-state index contributed by atoms with van der Waals surface area (Å²) >= 11 is 4.26. The minimum Gasteiger partial charge on any atom is -0.480 e. The molecule has 2 rings (SSSR count). The van der Waals surface area contributed by atoms with E-state index in [0.717, 1.165) is 18.4 Å². The van der Waals surface area contributed by atoms with Gasteiger partial charge in [-0.2, -0.15) is 12.6 Å². The number of hydrogen-bond acceptors (Lipinski definition) is 5. The summed E-state index contributed by atoms with van der Waals surface area (Å²) in [6.45, 7) is 0.326. The van der Waals surface area contributed by atoms with Crippen LogP contribution in [0.15, 0.2) is 30.3 Å². The van der Waals surface area contributed by atoms with Crippen molar-refractivity contribution >= 4 is 30.4 Å². The lowest BCUT2D eigenvalue weighted by Crippen LogP contribution is -2.47. The normalized spacial score (nSPS) is 20.3. The number of carbonyl (C=O) groups is 3. The number of amides is 2. The van der Waals surface area contributed by atoms with E-state index in [1.165, 1.54) is 4.90 Å². The SMILES string of the molecule is NCCCCC(S)C(=O)NCC(=O)N1[C@@H](c2ccccc2)CC[C@H]1C(=O)O. The fourth-order valence-electron chi connectivity index (χ4n) is 3.39. The second-order valence-corrected chi connectivity index (χ2v) is 7.30. The van der Waals surface area contributed by atoms with Gasteiger partial charge in [-0.15, -0.1) is 0 Å². The third-order valence-corrected chi connectivity index (χ3v) is 5.28. The maximum Gasteiger partial charge on any atom is 0.326 e. The molecule has 8 heteroatoms. The van der Waals surface area contributed by atoms with Gasteiger partial charge in [0, 0.05) is 0 Å². The van der Waals surface area contributed by atoms with Crippen molar-refractivity contribution < 1.29 is 19.5 Å². The third-order valence-electron chi connectivity index (χ3n) is 4.79. The van der Waals surface area contributed by atoms with E-state index in [4.69, 9.17) is 5.73 Å². The summed E-state index contributed by atoms with van der Waals surface area (Å²) in [7, 11) is 0. The molecule has 2 amide bonds. The Morgan fingerprint density at radius 2 is 1.93 bits per heavy atom. The van der Waals surface area contributed by atoms with Gasteiger partial charge in [0.2, 0.25) is 11.8 Å². The summed E-state index contributed by atoms with van der Waals surface area (Å²) in [6, 6.07) is 8.19. The zero-order valence-electron chi connectivity index (χ0n) is 15.2. The average Bonchev–Trinajstić information content (AvgIpc) is 3.12. The summed E-state index contributed by atoms with van der Waals surface area (Å²) in [4.78, 5) is 37.8. The predicted octanol–water partition coefficient (Wildman–Crippen LogP) is 1.35. The van der Waals surface area contributed by atoms with Crippen LogP contribution in [0.5, 0.6) is 0 Å². The van der Waals surface area contributed by atoms with Crippen molar-refractivity contribution in [3.05, 3.63) is 35.9 Å². The molecule has 1 aliphatic rings. The first-order valence-corrected chi connectivity index (χ1v) is 9.72. The number of nitrogens with zero attached hydrogens (tertiary/aromatic N) is 1. The highest BCUT2D eigenvalue weighted by molar-refractivity contribution is 7.81. The first-order valence-electron chi connectivity index (χ1n) is 9.20. The van der Waals surface area contributed by atoms with Crippen LogP contribution in [0, 0.1) is 0 Å². The summed E-state index contributed by atoms with van der Waals surface area (Å²) < 4.78 is 0. The van der Waals surface area contributed by atoms with Crippen LogP contribution in [0.3, 0.4) is 0 Å². The van der Waals surface area contributed by atoms with E-state index in [2.05, 4.69) is 17.9 Å². The van der Waals surface area contributed by atoms with E-state index in [1.54, 1.807) is 0 Å². The zero-order valence-corrected chi connectivity index (χ0v) is 16.1. The van der Waals surface area contributed by atoms with Crippen LogP contribution >= 0.6 is 12.6 Å². The molecule has 1 saturated heterocycles. The molecule has 1 aromatic carbocycles. The number of hydrogen-bond donors (Lipinski definition) is 4. The Balaban J connectivity index is 2.00. The molecule has 0 saturated carbocycles. The van der Waals surface area contributed by atoms with Crippen molar-refractivity contribution in [1.29, 1.82) is 0 Å². The molecule has 0 aromatic heterocycles. The lowest BCUT2D eigenvalue weighted by Gasteiger charge is -2.29. The van der Waals surface area contributed by atoms with Crippen molar-refractivity contribution in [2.45, 2.75) is 49.4 Å². The number of thiol groups is 1. The van der Waals surface area contributed by atoms with Crippen LogP contribution < -0.4 is 11.1 Å². The molecule has 1 aliphatic heterocycles. The lowest BCUT2D eigenvalue weighted by molar-refractivity contribution is -0.149. The van der Waals surface area contributed by atoms with E-state index >= 15 is 0 Å². The Hall–Kier alpha value is -2.06. The number of aliphatic carboxylic acids is 1. The van der Waals surface area contributed by atoms with Gasteiger partial charge < -0.3 is 21.1 Å². The van der Waals surface area contributed by atoms with Gasteiger partial charge in [0.05, 0.1) is 17.8 Å². The van der Waals surface area contributed by atoms with Crippen molar-refractivity contribution in [1.82, 2.24) is 10.2 Å². The van der Waals surface area contributed by atoms with E-state index in [9.17, 15) is 19.5 Å². The van der Waals surface area contributed by atoms with Gasteiger partial charge in [0.25, 0.3) is 0 Å². The fourth-order valence-corrected chi connectivity index (χ4v) is 3.66. The molecule has 0 radical (unpaired) electrons. The number of benzene rings is 1. The molecule has 3 atom stereocenters. The summed E-state index contributed by atoms with van der Waals surface area (Å²) in [5.41, 5.74) is 6.33. The van der Waals surface area contributed by atoms with Gasteiger partial charge in [-0.3, -0.25) is 9.59 Å². The summed E-state index contributed by atoms with van der Waals surface area (Å²) in [5, 5.41) is 11.6. The van der Waals surface area contributed by atoms with E-state index < -0.39 is 23.2 Å². The van der Waals surface area contributed by atoms with Crippen LogP contribution in [0.1, 0.15) is 43.7 Å². The Morgan fingerprint density at radius 3 is 2.56 bits per heavy atom. The van der Waals surface area contributed by atoms with Gasteiger partial charge in [0.15, 0.2) is 0 Å². The van der Waals surface area contributed by atoms with E-state index in [0.29, 0.717) is 25.8 Å². The number of carbonyl (C=O) groups excluding carboxylic acids is 2. The Labute approximate surface area is 164 Å². The molecule has 1 aromatic rings. The van der Waals surface area contributed by atoms with Crippen molar-refractivity contribution in [2.24, 2.45) is 5.73 Å². The zero-order chi connectivity index (χ0) is 19.8. The molecule has 0 aliphatic carbocycles. The van der Waals surface area contributed by atoms with Crippen molar-refractivity contribution in [2.75, 3.05) is 13.1 Å². The molecule has 1 heterocycles. The second-order valence-electron chi connectivity index (χ2n) is 6.68. The first-order chi connectivity index (χ1) is 13.0. The van der Waals surface area contributed by atoms with Crippen LogP contribution in [-0.2, 0) is 14.4 Å². The lowest BCUT2D eigenvalue weighted by atomic mass is 10.0. The molecular formula is C19H27N3O4S. The molecule has 0 spiro atoms. The standard InChI is InChI=1S/C19H27N3O4S/c20-11-5-4-8-16(27)18(24)21-12-17(23)22-14(9-10-15(22)19(25)26)13-6-2-1-3-7-13/h1-3,6-7,14-16,27H,4-5,8-12,20H2,(H,21,24)(H,25,26)/t14-,15+,16?/m1/s1. The van der Waals surface area contributed by atoms with Gasteiger partial charge >= 0.3 is 5.97 Å². The van der Waals surface area contributed by atoms with Gasteiger partial charge in [0.1, 0.15) is 6.04 Å². The Kier molecular flexibility index (Phi) is 8.12. The molecule has 27 heavy (non-hydrogen) atoms. The van der Waals surface area contributed by atoms with Crippen LogP contribution in [0.25, 0.3) is 0 Å². The summed E-state index contributed by atoms with van der Waals surface area (Å²) in [5.74, 6) is -1.75. The molecule has 1 fully saturated rings. The highest BCUT2D eigenvalue weighted by atomic mass is 32.1. The van der Waals surface area contributed by atoms with Crippen molar-refractivity contribution in [3.63, 3.8) is 0 Å². The van der Waals surface area contributed by atoms with Gasteiger partial charge in [-0.25, -0.2) is 4.79 Å². The van der Waals surface area contributed by atoms with Crippen LogP contribution in [0.2, 0.25) is 0 Å². The third kappa shape index (κ3) is 5.71. The predicted molar refractivity (Wildman–Crippen MR) is 105 cm³/mol. The second kappa shape index (κ2) is 10.3. The van der Waals surface area contributed by atoms with Gasteiger partial charge in [-0.05, 0) is 37.8 Å². The minimum atomic E-state index is -1.03. The first kappa shape index (κ1) is 21.2. The Morgan fingerprint density at radius 1 is 1.22 bits per heavy atom. The summed E-state index contributed by atoms with van der Waals surface area (Å²) in [6.07, 6.45) is 3.15. The number of rotatable bonds is 9. The fraction of sp³-hybridized carbons (Fsp3) is 0.526. The van der Waals surface area contributed by atoms with Gasteiger partial charge in [-0.1, -0.05) is 36.8 Å². The largest absolute Gasteiger partial charge is 0.480 e. The Bertz CT molecular complexity index is 656. The van der Waals surface area contributed by atoms with Crippen molar-refractivity contribution in [3.8, 4) is 0 Å². The smallest absolute Gasteiger partial charge is 0.326 e. The van der Waals surface area contributed by atoms with Crippen LogP contribution in [-0.4, -0.2) is 52.2 Å². The highest BCUT2D eigenvalue weighted by Crippen LogP contribution is 2.36. The number of nitrogens with one attached hydrogen (secondary N) is 1. The molecule has 4 N–H and O–H groups in total. The maximum absolute atomic E-state index is 12.7. The monoisotopic (exact) mass is 393 g/mol. The average molecular weight is 394 g/mol. The maximum atomic E-state index is 12.7. The highest BCUT2D eigenvalue weighted by Gasteiger charge is 2.41.